The lowest BCUT2D eigenvalue weighted by atomic mass is 10.0. The monoisotopic (exact) mass is 157 g/mol. The Bertz CT molecular complexity index is 99.7. The molecule has 1 atom stereocenters. The lowest BCUT2D eigenvalue weighted by molar-refractivity contribution is 0.219. The van der Waals surface area contributed by atoms with Gasteiger partial charge in [-0.3, -0.25) is 4.79 Å². The summed E-state index contributed by atoms with van der Waals surface area (Å²) >= 11 is 0. The van der Waals surface area contributed by atoms with Gasteiger partial charge in [0.1, 0.15) is 6.10 Å². The molecule has 0 amide bonds. The topological polar surface area (TPSA) is 37.3 Å². The first-order chi connectivity index (χ1) is 5.16. The quantitative estimate of drug-likeness (QED) is 0.595. The van der Waals surface area contributed by atoms with Crippen LogP contribution in [0.15, 0.2) is 0 Å². The molecule has 0 bridgehead atoms. The predicted octanol–water partition coefficient (Wildman–Crippen LogP) is 1.67. The van der Waals surface area contributed by atoms with Gasteiger partial charge in [-0.15, -0.1) is 0 Å². The Morgan fingerprint density at radius 2 is 1.82 bits per heavy atom. The summed E-state index contributed by atoms with van der Waals surface area (Å²) < 4.78 is 0. The highest BCUT2D eigenvalue weighted by Crippen LogP contribution is 2.08. The van der Waals surface area contributed by atoms with E-state index in [2.05, 4.69) is 13.8 Å². The molecule has 0 rings (SSSR count). The molecule has 1 radical (unpaired) electrons. The molecule has 0 aromatic carbocycles. The van der Waals surface area contributed by atoms with Crippen LogP contribution in [-0.4, -0.2) is 17.5 Å². The molecule has 0 fully saturated rings. The summed E-state index contributed by atoms with van der Waals surface area (Å²) in [5.41, 5.74) is 0. The Labute approximate surface area is 68.6 Å². The number of rotatable bonds is 6. The van der Waals surface area contributed by atoms with Gasteiger partial charge in [-0.1, -0.05) is 33.1 Å². The standard InChI is InChI=1S/C9H17O2/c1-8(2)5-3-4-6-9(11)7-10/h8-9,11H,3-6H2,1-2H3. The number of hydrogen-bond donors (Lipinski definition) is 1. The highest BCUT2D eigenvalue weighted by molar-refractivity contribution is 5.56. The van der Waals surface area contributed by atoms with Crippen molar-refractivity contribution in [2.45, 2.75) is 45.6 Å². The van der Waals surface area contributed by atoms with E-state index < -0.39 is 6.10 Å². The van der Waals surface area contributed by atoms with Crippen LogP contribution in [0.5, 0.6) is 0 Å². The van der Waals surface area contributed by atoms with E-state index in [0.717, 1.165) is 12.8 Å². The van der Waals surface area contributed by atoms with Crippen molar-refractivity contribution in [3.8, 4) is 0 Å². The van der Waals surface area contributed by atoms with Gasteiger partial charge in [0.25, 0.3) is 0 Å². The van der Waals surface area contributed by atoms with Crippen LogP contribution in [0.4, 0.5) is 0 Å². The third-order valence-electron chi connectivity index (χ3n) is 1.65. The van der Waals surface area contributed by atoms with Crippen LogP contribution in [-0.2, 0) is 4.79 Å². The Kier molecular flexibility index (Phi) is 6.13. The minimum atomic E-state index is -0.859. The summed E-state index contributed by atoms with van der Waals surface area (Å²) in [7, 11) is 0. The Balaban J connectivity index is 3.07. The fourth-order valence-corrected chi connectivity index (χ4v) is 0.949. The number of aliphatic hydroxyl groups excluding tert-OH is 1. The molecule has 65 valence electrons. The van der Waals surface area contributed by atoms with Crippen molar-refractivity contribution in [3.63, 3.8) is 0 Å². The van der Waals surface area contributed by atoms with Crippen molar-refractivity contribution in [1.29, 1.82) is 0 Å². The normalized spacial score (nSPS) is 13.5. The molecule has 1 N–H and O–H groups in total. The SMILES string of the molecule is CC(C)CCCCC(O)[C]=O. The van der Waals surface area contributed by atoms with Gasteiger partial charge in [0, 0.05) is 0 Å². The van der Waals surface area contributed by atoms with Crippen molar-refractivity contribution in [1.82, 2.24) is 0 Å². The van der Waals surface area contributed by atoms with Gasteiger partial charge < -0.3 is 5.11 Å². The summed E-state index contributed by atoms with van der Waals surface area (Å²) in [4.78, 5) is 9.86. The molecule has 0 aliphatic rings. The molecule has 0 spiro atoms. The second kappa shape index (κ2) is 6.35. The molecule has 2 nitrogen and oxygen atoms in total. The van der Waals surface area contributed by atoms with Gasteiger partial charge in [0.15, 0.2) is 0 Å². The summed E-state index contributed by atoms with van der Waals surface area (Å²) in [6, 6.07) is 0. The Morgan fingerprint density at radius 1 is 1.27 bits per heavy atom. The van der Waals surface area contributed by atoms with Crippen molar-refractivity contribution >= 4 is 6.29 Å². The summed E-state index contributed by atoms with van der Waals surface area (Å²) in [6.45, 7) is 4.34. The van der Waals surface area contributed by atoms with E-state index in [1.165, 1.54) is 6.42 Å². The summed E-state index contributed by atoms with van der Waals surface area (Å²) in [5.74, 6) is 0.715. The minimum Gasteiger partial charge on any atom is -0.385 e. The van der Waals surface area contributed by atoms with Gasteiger partial charge in [-0.25, -0.2) is 0 Å². The zero-order valence-corrected chi connectivity index (χ0v) is 7.34. The average molecular weight is 157 g/mol. The van der Waals surface area contributed by atoms with Gasteiger partial charge in [0.2, 0.25) is 6.29 Å². The van der Waals surface area contributed by atoms with Gasteiger partial charge in [-0.2, -0.15) is 0 Å². The Morgan fingerprint density at radius 3 is 2.27 bits per heavy atom. The first-order valence-corrected chi connectivity index (χ1v) is 4.22. The lowest BCUT2D eigenvalue weighted by Gasteiger charge is -2.04. The minimum absolute atomic E-state index is 0.566. The smallest absolute Gasteiger partial charge is 0.229 e. The average Bonchev–Trinajstić information content (AvgIpc) is 1.97. The van der Waals surface area contributed by atoms with Gasteiger partial charge in [-0.05, 0) is 12.3 Å². The van der Waals surface area contributed by atoms with E-state index in [9.17, 15) is 4.79 Å². The number of hydrogen-bond acceptors (Lipinski definition) is 2. The molecule has 0 saturated carbocycles. The maximum Gasteiger partial charge on any atom is 0.229 e. The zero-order valence-electron chi connectivity index (χ0n) is 7.34. The van der Waals surface area contributed by atoms with Crippen molar-refractivity contribution in [2.75, 3.05) is 0 Å². The molecule has 0 aromatic heterocycles. The molecule has 0 aromatic rings. The molecule has 0 heterocycles. The van der Waals surface area contributed by atoms with Crippen LogP contribution in [0.2, 0.25) is 0 Å². The molecule has 11 heavy (non-hydrogen) atoms. The maximum absolute atomic E-state index is 9.86. The van der Waals surface area contributed by atoms with Crippen molar-refractivity contribution in [3.05, 3.63) is 0 Å². The second-order valence-electron chi connectivity index (χ2n) is 3.31. The molecule has 2 heteroatoms. The van der Waals surface area contributed by atoms with Crippen LogP contribution in [0.1, 0.15) is 39.5 Å². The largest absolute Gasteiger partial charge is 0.385 e. The lowest BCUT2D eigenvalue weighted by Crippen LogP contribution is -2.06. The highest BCUT2D eigenvalue weighted by Gasteiger charge is 2.01. The summed E-state index contributed by atoms with van der Waals surface area (Å²) in [5, 5.41) is 8.80. The van der Waals surface area contributed by atoms with Crippen LogP contribution >= 0.6 is 0 Å². The van der Waals surface area contributed by atoms with Crippen molar-refractivity contribution in [2.24, 2.45) is 5.92 Å². The van der Waals surface area contributed by atoms with Gasteiger partial charge in [0.05, 0.1) is 0 Å². The Hall–Kier alpha value is -0.370. The molecular formula is C9H17O2. The first kappa shape index (κ1) is 10.6. The third kappa shape index (κ3) is 7.53. The van der Waals surface area contributed by atoms with E-state index in [-0.39, 0.29) is 0 Å². The van der Waals surface area contributed by atoms with Crippen LogP contribution < -0.4 is 0 Å². The molecular weight excluding hydrogens is 140 g/mol. The van der Waals surface area contributed by atoms with E-state index in [4.69, 9.17) is 5.11 Å². The van der Waals surface area contributed by atoms with Gasteiger partial charge >= 0.3 is 0 Å². The predicted molar refractivity (Wildman–Crippen MR) is 45.0 cm³/mol. The molecule has 0 saturated heterocycles. The van der Waals surface area contributed by atoms with Crippen LogP contribution in [0.3, 0.4) is 0 Å². The fourth-order valence-electron chi connectivity index (χ4n) is 0.949. The highest BCUT2D eigenvalue weighted by atomic mass is 16.3. The number of aliphatic hydroxyl groups is 1. The molecule has 0 aliphatic heterocycles. The maximum atomic E-state index is 9.86. The molecule has 0 aliphatic carbocycles. The third-order valence-corrected chi connectivity index (χ3v) is 1.65. The second-order valence-corrected chi connectivity index (χ2v) is 3.31. The van der Waals surface area contributed by atoms with E-state index >= 15 is 0 Å². The first-order valence-electron chi connectivity index (χ1n) is 4.22. The zero-order chi connectivity index (χ0) is 8.69. The van der Waals surface area contributed by atoms with Crippen molar-refractivity contribution < 1.29 is 9.90 Å². The summed E-state index contributed by atoms with van der Waals surface area (Å²) in [6.07, 6.45) is 4.46. The van der Waals surface area contributed by atoms with E-state index in [1.807, 2.05) is 0 Å². The number of unbranched alkanes of at least 4 members (excludes halogenated alkanes) is 1. The number of carbonyl (C=O) groups excluding carboxylic acids is 1. The van der Waals surface area contributed by atoms with E-state index in [1.54, 1.807) is 6.29 Å². The molecule has 1 unspecified atom stereocenters. The van der Waals surface area contributed by atoms with Crippen LogP contribution in [0.25, 0.3) is 0 Å². The fraction of sp³-hybridized carbons (Fsp3) is 0.889. The van der Waals surface area contributed by atoms with E-state index in [0.29, 0.717) is 12.3 Å². The van der Waals surface area contributed by atoms with Crippen LogP contribution in [0, 0.1) is 5.92 Å².